The van der Waals surface area contributed by atoms with E-state index in [4.69, 9.17) is 4.74 Å². The Bertz CT molecular complexity index is 902. The molecule has 0 bridgehead atoms. The molecule has 3 aromatic rings. The zero-order valence-electron chi connectivity index (χ0n) is 13.7. The van der Waals surface area contributed by atoms with Crippen LogP contribution in [0, 0.1) is 18.6 Å². The van der Waals surface area contributed by atoms with E-state index in [9.17, 15) is 8.78 Å². The molecule has 1 aromatic heterocycles. The van der Waals surface area contributed by atoms with Gasteiger partial charge >= 0.3 is 0 Å². The van der Waals surface area contributed by atoms with Crippen molar-refractivity contribution in [3.05, 3.63) is 66.0 Å². The topological polar surface area (TPSA) is 59.1 Å². The highest BCUT2D eigenvalue weighted by Gasteiger charge is 2.06. The van der Waals surface area contributed by atoms with Crippen molar-refractivity contribution in [3.8, 4) is 5.75 Å². The summed E-state index contributed by atoms with van der Waals surface area (Å²) < 4.78 is 31.5. The summed E-state index contributed by atoms with van der Waals surface area (Å²) in [6, 6.07) is 12.6. The van der Waals surface area contributed by atoms with E-state index < -0.39 is 11.6 Å². The number of hydrogen-bond acceptors (Lipinski definition) is 5. The Labute approximate surface area is 143 Å². The maximum Gasteiger partial charge on any atom is 0.160 e. The molecule has 0 aliphatic carbocycles. The van der Waals surface area contributed by atoms with E-state index in [0.717, 1.165) is 23.6 Å². The first-order chi connectivity index (χ1) is 12.0. The molecule has 128 valence electrons. The average Bonchev–Trinajstić information content (AvgIpc) is 2.58. The minimum Gasteiger partial charge on any atom is -0.497 e. The lowest BCUT2D eigenvalue weighted by molar-refractivity contribution is 0.415. The summed E-state index contributed by atoms with van der Waals surface area (Å²) in [7, 11) is 1.60. The molecule has 0 saturated carbocycles. The van der Waals surface area contributed by atoms with Gasteiger partial charge in [-0.3, -0.25) is 0 Å². The molecule has 3 rings (SSSR count). The van der Waals surface area contributed by atoms with Crippen molar-refractivity contribution in [1.82, 2.24) is 9.97 Å². The van der Waals surface area contributed by atoms with Gasteiger partial charge in [0.05, 0.1) is 7.11 Å². The highest BCUT2D eigenvalue weighted by Crippen LogP contribution is 2.23. The first-order valence-corrected chi connectivity index (χ1v) is 7.52. The number of methoxy groups -OCH3 is 1. The van der Waals surface area contributed by atoms with E-state index in [1.165, 1.54) is 6.07 Å². The van der Waals surface area contributed by atoms with Gasteiger partial charge in [0.25, 0.3) is 0 Å². The largest absolute Gasteiger partial charge is 0.497 e. The minimum absolute atomic E-state index is 0.393. The van der Waals surface area contributed by atoms with Crippen LogP contribution in [0.2, 0.25) is 0 Å². The van der Waals surface area contributed by atoms with E-state index in [0.29, 0.717) is 23.1 Å². The lowest BCUT2D eigenvalue weighted by Gasteiger charge is -2.11. The molecule has 0 aliphatic rings. The third-order valence-corrected chi connectivity index (χ3v) is 3.37. The summed E-state index contributed by atoms with van der Waals surface area (Å²) in [5.74, 6) is 0.443. The second-order valence-corrected chi connectivity index (χ2v) is 5.30. The van der Waals surface area contributed by atoms with E-state index in [2.05, 4.69) is 20.6 Å². The minimum atomic E-state index is -0.925. The van der Waals surface area contributed by atoms with Crippen LogP contribution in [0.3, 0.4) is 0 Å². The van der Waals surface area contributed by atoms with Crippen LogP contribution >= 0.6 is 0 Å². The third-order valence-electron chi connectivity index (χ3n) is 3.37. The van der Waals surface area contributed by atoms with E-state index in [1.807, 2.05) is 24.3 Å². The highest BCUT2D eigenvalue weighted by molar-refractivity contribution is 5.64. The molecule has 0 amide bonds. The van der Waals surface area contributed by atoms with Crippen molar-refractivity contribution in [2.45, 2.75) is 6.92 Å². The monoisotopic (exact) mass is 342 g/mol. The van der Waals surface area contributed by atoms with Crippen molar-refractivity contribution < 1.29 is 13.5 Å². The van der Waals surface area contributed by atoms with Crippen molar-refractivity contribution in [3.63, 3.8) is 0 Å². The maximum absolute atomic E-state index is 13.3. The predicted octanol–water partition coefficient (Wildman–Crippen LogP) is 4.56. The van der Waals surface area contributed by atoms with Crippen LogP contribution in [0.5, 0.6) is 5.75 Å². The van der Waals surface area contributed by atoms with Crippen LogP contribution in [0.4, 0.5) is 31.8 Å². The number of anilines is 4. The summed E-state index contributed by atoms with van der Waals surface area (Å²) in [5.41, 5.74) is 1.19. The van der Waals surface area contributed by atoms with Crippen molar-refractivity contribution in [2.75, 3.05) is 17.7 Å². The first kappa shape index (κ1) is 16.6. The van der Waals surface area contributed by atoms with E-state index in [-0.39, 0.29) is 0 Å². The van der Waals surface area contributed by atoms with Gasteiger partial charge < -0.3 is 15.4 Å². The number of aryl methyl sites for hydroxylation is 1. The summed E-state index contributed by atoms with van der Waals surface area (Å²) in [4.78, 5) is 8.57. The number of halogens is 2. The normalized spacial score (nSPS) is 10.4. The fraction of sp³-hybridized carbons (Fsp3) is 0.111. The van der Waals surface area contributed by atoms with Crippen molar-refractivity contribution >= 4 is 23.0 Å². The Kier molecular flexibility index (Phi) is 4.74. The summed E-state index contributed by atoms with van der Waals surface area (Å²) in [5, 5.41) is 6.10. The first-order valence-electron chi connectivity index (χ1n) is 7.52. The number of aromatic nitrogens is 2. The lowest BCUT2D eigenvalue weighted by atomic mass is 10.3. The number of rotatable bonds is 5. The molecule has 25 heavy (non-hydrogen) atoms. The van der Waals surface area contributed by atoms with Crippen LogP contribution < -0.4 is 15.4 Å². The molecule has 0 radical (unpaired) electrons. The van der Waals surface area contributed by atoms with Crippen LogP contribution in [0.1, 0.15) is 5.82 Å². The Morgan fingerprint density at radius 2 is 1.52 bits per heavy atom. The lowest BCUT2D eigenvalue weighted by Crippen LogP contribution is -2.02. The smallest absolute Gasteiger partial charge is 0.160 e. The van der Waals surface area contributed by atoms with Gasteiger partial charge in [-0.25, -0.2) is 18.7 Å². The number of hydrogen-bond donors (Lipinski definition) is 2. The van der Waals surface area contributed by atoms with Gasteiger partial charge in [-0.2, -0.15) is 0 Å². The Morgan fingerprint density at radius 3 is 2.16 bits per heavy atom. The highest BCUT2D eigenvalue weighted by atomic mass is 19.2. The zero-order valence-corrected chi connectivity index (χ0v) is 13.7. The molecule has 0 spiro atoms. The summed E-state index contributed by atoms with van der Waals surface area (Å²) >= 11 is 0. The van der Waals surface area contributed by atoms with Crippen LogP contribution in [0.15, 0.2) is 48.5 Å². The van der Waals surface area contributed by atoms with Crippen LogP contribution in [-0.2, 0) is 0 Å². The Hall–Kier alpha value is -3.22. The molecule has 0 unspecified atom stereocenters. The molecular formula is C18H16F2N4O. The molecule has 0 fully saturated rings. The second-order valence-electron chi connectivity index (χ2n) is 5.30. The molecule has 2 N–H and O–H groups in total. The quantitative estimate of drug-likeness (QED) is 0.712. The molecular weight excluding hydrogens is 326 g/mol. The van der Waals surface area contributed by atoms with Gasteiger partial charge in [0.2, 0.25) is 0 Å². The van der Waals surface area contributed by atoms with E-state index >= 15 is 0 Å². The molecule has 5 nitrogen and oxygen atoms in total. The van der Waals surface area contributed by atoms with Gasteiger partial charge in [0.15, 0.2) is 11.6 Å². The van der Waals surface area contributed by atoms with E-state index in [1.54, 1.807) is 20.1 Å². The summed E-state index contributed by atoms with van der Waals surface area (Å²) in [6.07, 6.45) is 0. The second kappa shape index (κ2) is 7.12. The van der Waals surface area contributed by atoms with Gasteiger partial charge in [-0.05, 0) is 31.2 Å². The van der Waals surface area contributed by atoms with Crippen molar-refractivity contribution in [1.29, 1.82) is 0 Å². The van der Waals surface area contributed by atoms with Gasteiger partial charge in [0, 0.05) is 29.6 Å². The third kappa shape index (κ3) is 4.20. The number of nitrogens with one attached hydrogen (secondary N) is 2. The molecule has 0 atom stereocenters. The maximum atomic E-state index is 13.3. The average molecular weight is 342 g/mol. The van der Waals surface area contributed by atoms with Gasteiger partial charge in [-0.15, -0.1) is 0 Å². The Morgan fingerprint density at radius 1 is 0.840 bits per heavy atom. The van der Waals surface area contributed by atoms with Gasteiger partial charge in [0.1, 0.15) is 23.2 Å². The predicted molar refractivity (Wildman–Crippen MR) is 92.7 cm³/mol. The number of benzene rings is 2. The SMILES string of the molecule is COc1cccc(Nc2cc(Nc3ccc(F)c(F)c3)nc(C)n2)c1. The van der Waals surface area contributed by atoms with Crippen molar-refractivity contribution in [2.24, 2.45) is 0 Å². The molecule has 0 saturated heterocycles. The molecule has 2 aromatic carbocycles. The molecule has 0 aliphatic heterocycles. The fourth-order valence-electron chi connectivity index (χ4n) is 2.27. The molecule has 7 heteroatoms. The van der Waals surface area contributed by atoms with Crippen LogP contribution in [-0.4, -0.2) is 17.1 Å². The van der Waals surface area contributed by atoms with Crippen LogP contribution in [0.25, 0.3) is 0 Å². The standard InChI is InChI=1S/C18H16F2N4O/c1-11-21-17(23-12-4-3-5-14(8-12)25-2)10-18(22-11)24-13-6-7-15(19)16(20)9-13/h3-10H,1-2H3,(H2,21,22,23,24). The summed E-state index contributed by atoms with van der Waals surface area (Å²) in [6.45, 7) is 1.74. The zero-order chi connectivity index (χ0) is 17.8. The van der Waals surface area contributed by atoms with Gasteiger partial charge in [-0.1, -0.05) is 6.07 Å². The fourth-order valence-corrected chi connectivity index (χ4v) is 2.27. The molecule has 1 heterocycles. The Balaban J connectivity index is 1.83. The number of nitrogens with zero attached hydrogens (tertiary/aromatic N) is 2. The number of ether oxygens (including phenoxy) is 1.